The van der Waals surface area contributed by atoms with Crippen LogP contribution in [-0.4, -0.2) is 18.0 Å². The number of rotatable bonds is 4. The standard InChI is InChI=1S/C14H11Cl3N2O2/c1-21-11-4-2-3-9(15)8(11)7-18-14(20)13-10(16)5-6-12(17)19-13/h2-6H,7H2,1H3,(H,18,20). The molecule has 0 radical (unpaired) electrons. The van der Waals surface area contributed by atoms with Gasteiger partial charge in [0.05, 0.1) is 12.1 Å². The number of carbonyl (C=O) groups excluding carboxylic acids is 1. The lowest BCUT2D eigenvalue weighted by Crippen LogP contribution is -2.24. The summed E-state index contributed by atoms with van der Waals surface area (Å²) >= 11 is 17.8. The van der Waals surface area contributed by atoms with Crippen molar-refractivity contribution >= 4 is 40.7 Å². The van der Waals surface area contributed by atoms with Crippen LogP contribution >= 0.6 is 34.8 Å². The maximum Gasteiger partial charge on any atom is 0.271 e. The normalized spacial score (nSPS) is 10.3. The summed E-state index contributed by atoms with van der Waals surface area (Å²) in [4.78, 5) is 16.0. The highest BCUT2D eigenvalue weighted by Crippen LogP contribution is 2.26. The van der Waals surface area contributed by atoms with Crippen molar-refractivity contribution in [3.63, 3.8) is 0 Å². The van der Waals surface area contributed by atoms with Crippen molar-refractivity contribution in [2.24, 2.45) is 0 Å². The van der Waals surface area contributed by atoms with Crippen LogP contribution in [0.5, 0.6) is 5.75 Å². The molecule has 0 unspecified atom stereocenters. The summed E-state index contributed by atoms with van der Waals surface area (Å²) in [6, 6.07) is 8.27. The number of halogens is 3. The third-order valence-corrected chi connectivity index (χ3v) is 3.62. The van der Waals surface area contributed by atoms with Gasteiger partial charge in [0.1, 0.15) is 16.6 Å². The van der Waals surface area contributed by atoms with Crippen molar-refractivity contribution in [2.75, 3.05) is 7.11 Å². The fourth-order valence-electron chi connectivity index (χ4n) is 1.73. The number of nitrogens with one attached hydrogen (secondary N) is 1. The molecule has 0 fully saturated rings. The van der Waals surface area contributed by atoms with E-state index < -0.39 is 5.91 Å². The summed E-state index contributed by atoms with van der Waals surface area (Å²) in [5.74, 6) is 0.150. The van der Waals surface area contributed by atoms with E-state index in [1.54, 1.807) is 18.2 Å². The van der Waals surface area contributed by atoms with Gasteiger partial charge in [0, 0.05) is 17.1 Å². The van der Waals surface area contributed by atoms with Gasteiger partial charge in [-0.1, -0.05) is 40.9 Å². The van der Waals surface area contributed by atoms with E-state index in [1.807, 2.05) is 0 Å². The molecular weight excluding hydrogens is 335 g/mol. The summed E-state index contributed by atoms with van der Waals surface area (Å²) < 4.78 is 5.21. The van der Waals surface area contributed by atoms with Crippen LogP contribution in [0.1, 0.15) is 16.1 Å². The molecule has 1 amide bonds. The van der Waals surface area contributed by atoms with Crippen LogP contribution in [0.3, 0.4) is 0 Å². The molecular formula is C14H11Cl3N2O2. The SMILES string of the molecule is COc1cccc(Cl)c1CNC(=O)c1nc(Cl)ccc1Cl. The Balaban J connectivity index is 2.17. The topological polar surface area (TPSA) is 51.2 Å². The van der Waals surface area contributed by atoms with Gasteiger partial charge in [0.15, 0.2) is 0 Å². The maximum atomic E-state index is 12.1. The smallest absolute Gasteiger partial charge is 0.271 e. The number of ether oxygens (including phenoxy) is 1. The molecule has 2 aromatic rings. The van der Waals surface area contributed by atoms with Crippen molar-refractivity contribution in [1.82, 2.24) is 10.3 Å². The van der Waals surface area contributed by atoms with Crippen LogP contribution in [0.2, 0.25) is 15.2 Å². The van der Waals surface area contributed by atoms with Crippen LogP contribution in [0.4, 0.5) is 0 Å². The Labute approximate surface area is 137 Å². The van der Waals surface area contributed by atoms with Crippen LogP contribution in [-0.2, 0) is 6.54 Å². The number of pyridine rings is 1. The van der Waals surface area contributed by atoms with E-state index in [0.717, 1.165) is 0 Å². The van der Waals surface area contributed by atoms with Gasteiger partial charge in [0.25, 0.3) is 5.91 Å². The van der Waals surface area contributed by atoms with E-state index in [0.29, 0.717) is 16.3 Å². The number of methoxy groups -OCH3 is 1. The van der Waals surface area contributed by atoms with E-state index in [1.165, 1.54) is 19.2 Å². The minimum absolute atomic E-state index is 0.0650. The van der Waals surface area contributed by atoms with E-state index >= 15 is 0 Å². The van der Waals surface area contributed by atoms with Gasteiger partial charge in [-0.2, -0.15) is 0 Å². The zero-order valence-electron chi connectivity index (χ0n) is 11.0. The molecule has 7 heteroatoms. The summed E-state index contributed by atoms with van der Waals surface area (Å²) in [6.45, 7) is 0.187. The lowest BCUT2D eigenvalue weighted by Gasteiger charge is -2.11. The van der Waals surface area contributed by atoms with Crippen molar-refractivity contribution in [2.45, 2.75) is 6.54 Å². The Morgan fingerprint density at radius 3 is 2.67 bits per heavy atom. The first kappa shape index (κ1) is 15.9. The molecule has 0 aliphatic rings. The van der Waals surface area contributed by atoms with Crippen LogP contribution in [0.15, 0.2) is 30.3 Å². The number of nitrogens with zero attached hydrogens (tertiary/aromatic N) is 1. The molecule has 0 saturated carbocycles. The number of hydrogen-bond acceptors (Lipinski definition) is 3. The first-order valence-corrected chi connectivity index (χ1v) is 7.08. The molecule has 110 valence electrons. The highest BCUT2D eigenvalue weighted by Gasteiger charge is 2.14. The number of amides is 1. The monoisotopic (exact) mass is 344 g/mol. The second-order valence-corrected chi connectivity index (χ2v) is 5.27. The molecule has 1 aromatic heterocycles. The zero-order chi connectivity index (χ0) is 15.4. The van der Waals surface area contributed by atoms with E-state index in [2.05, 4.69) is 10.3 Å². The van der Waals surface area contributed by atoms with Crippen LogP contribution in [0.25, 0.3) is 0 Å². The minimum Gasteiger partial charge on any atom is -0.496 e. The highest BCUT2D eigenvalue weighted by molar-refractivity contribution is 6.34. The quantitative estimate of drug-likeness (QED) is 0.853. The number of hydrogen-bond donors (Lipinski definition) is 1. The maximum absolute atomic E-state index is 12.1. The molecule has 1 N–H and O–H groups in total. The van der Waals surface area contributed by atoms with Gasteiger partial charge >= 0.3 is 0 Å². The minimum atomic E-state index is -0.440. The molecule has 0 saturated heterocycles. The van der Waals surface area contributed by atoms with Crippen molar-refractivity contribution < 1.29 is 9.53 Å². The van der Waals surface area contributed by atoms with Gasteiger partial charge in [0.2, 0.25) is 0 Å². The average molecular weight is 346 g/mol. The van der Waals surface area contributed by atoms with Crippen LogP contribution in [0, 0.1) is 0 Å². The fourth-order valence-corrected chi connectivity index (χ4v) is 2.30. The van der Waals surface area contributed by atoms with E-state index in [4.69, 9.17) is 39.5 Å². The summed E-state index contributed by atoms with van der Waals surface area (Å²) in [7, 11) is 1.53. The predicted molar refractivity (Wildman–Crippen MR) is 83.4 cm³/mol. The first-order chi connectivity index (χ1) is 10.0. The molecule has 4 nitrogen and oxygen atoms in total. The van der Waals surface area contributed by atoms with Gasteiger partial charge in [-0.05, 0) is 24.3 Å². The van der Waals surface area contributed by atoms with Crippen LogP contribution < -0.4 is 10.1 Å². The largest absolute Gasteiger partial charge is 0.496 e. The second kappa shape index (κ2) is 6.98. The van der Waals surface area contributed by atoms with Gasteiger partial charge in [-0.15, -0.1) is 0 Å². The Morgan fingerprint density at radius 1 is 1.19 bits per heavy atom. The molecule has 21 heavy (non-hydrogen) atoms. The van der Waals surface area contributed by atoms with Gasteiger partial charge in [-0.25, -0.2) is 4.98 Å². The third kappa shape index (κ3) is 3.79. The van der Waals surface area contributed by atoms with E-state index in [9.17, 15) is 4.79 Å². The number of benzene rings is 1. The number of carbonyl (C=O) groups is 1. The first-order valence-electron chi connectivity index (χ1n) is 5.94. The Bertz CT molecular complexity index is 677. The summed E-state index contributed by atoms with van der Waals surface area (Å²) in [5, 5.41) is 3.61. The Morgan fingerprint density at radius 2 is 1.95 bits per heavy atom. The lowest BCUT2D eigenvalue weighted by molar-refractivity contribution is 0.0946. The molecule has 1 aromatic carbocycles. The summed E-state index contributed by atoms with van der Waals surface area (Å²) in [6.07, 6.45) is 0. The molecule has 0 aliphatic heterocycles. The molecule has 0 spiro atoms. The average Bonchev–Trinajstić information content (AvgIpc) is 2.47. The number of aromatic nitrogens is 1. The van der Waals surface area contributed by atoms with Crippen molar-refractivity contribution in [3.8, 4) is 5.75 Å². The predicted octanol–water partition coefficient (Wildman–Crippen LogP) is 3.98. The zero-order valence-corrected chi connectivity index (χ0v) is 13.3. The lowest BCUT2D eigenvalue weighted by atomic mass is 10.2. The molecule has 2 rings (SSSR count). The van der Waals surface area contributed by atoms with Gasteiger partial charge < -0.3 is 10.1 Å². The highest BCUT2D eigenvalue weighted by atomic mass is 35.5. The molecule has 0 atom stereocenters. The fraction of sp³-hybridized carbons (Fsp3) is 0.143. The second-order valence-electron chi connectivity index (χ2n) is 4.07. The Hall–Kier alpha value is -1.49. The summed E-state index contributed by atoms with van der Waals surface area (Å²) in [5.41, 5.74) is 0.739. The van der Waals surface area contributed by atoms with Crippen molar-refractivity contribution in [3.05, 3.63) is 56.8 Å². The Kier molecular flexibility index (Phi) is 5.28. The molecule has 0 bridgehead atoms. The van der Waals surface area contributed by atoms with Crippen molar-refractivity contribution in [1.29, 1.82) is 0 Å². The molecule has 1 heterocycles. The molecule has 0 aliphatic carbocycles. The van der Waals surface area contributed by atoms with E-state index in [-0.39, 0.29) is 22.4 Å². The third-order valence-electron chi connectivity index (χ3n) is 2.75. The van der Waals surface area contributed by atoms with Gasteiger partial charge in [-0.3, -0.25) is 4.79 Å².